The summed E-state index contributed by atoms with van der Waals surface area (Å²) >= 11 is 3.09. The van der Waals surface area contributed by atoms with Crippen LogP contribution in [0.2, 0.25) is 0 Å². The van der Waals surface area contributed by atoms with Crippen molar-refractivity contribution in [3.63, 3.8) is 0 Å². The van der Waals surface area contributed by atoms with Crippen molar-refractivity contribution in [3.8, 4) is 23.0 Å². The van der Waals surface area contributed by atoms with Crippen molar-refractivity contribution in [1.29, 1.82) is 0 Å². The summed E-state index contributed by atoms with van der Waals surface area (Å²) in [5.41, 5.74) is 0. The third-order valence-electron chi connectivity index (χ3n) is 4.50. The van der Waals surface area contributed by atoms with Gasteiger partial charge in [-0.1, -0.05) is 0 Å². The van der Waals surface area contributed by atoms with Gasteiger partial charge in [0.2, 0.25) is 0 Å². The molecule has 0 N–H and O–H groups in total. The molecule has 0 amide bonds. The van der Waals surface area contributed by atoms with Crippen LogP contribution in [0.4, 0.5) is 0 Å². The second-order valence-corrected chi connectivity index (χ2v) is 11.5. The third kappa shape index (κ3) is 5.43. The van der Waals surface area contributed by atoms with E-state index >= 15 is 0 Å². The average Bonchev–Trinajstić information content (AvgIpc) is 2.78. The van der Waals surface area contributed by atoms with Gasteiger partial charge in [-0.2, -0.15) is 0 Å². The molecule has 0 radical (unpaired) electrons. The number of hydrogen-bond acceptors (Lipinski definition) is 4. The Morgan fingerprint density at radius 3 is 1.00 bits per heavy atom. The molecule has 7 heteroatoms. The maximum absolute atomic E-state index is 13.0. The molecule has 0 fully saturated rings. The van der Waals surface area contributed by atoms with Crippen LogP contribution in [0, 0.1) is 0 Å². The van der Waals surface area contributed by atoms with E-state index in [1.807, 2.05) is 48.5 Å². The SMILES string of the molecule is O=S(=O)(c1ccc(Oc2ccc([AsH2])cc2)cc1)c1ccc(Oc2ccc([AsH2])cc2)cc1. The summed E-state index contributed by atoms with van der Waals surface area (Å²) in [5.74, 6) is 2.58. The van der Waals surface area contributed by atoms with Crippen LogP contribution in [-0.4, -0.2) is 42.1 Å². The molecule has 0 bridgehead atoms. The molecule has 0 saturated heterocycles. The fraction of sp³-hybridized carbons (Fsp3) is 0. The molecule has 0 aromatic heterocycles. The van der Waals surface area contributed by atoms with Crippen molar-refractivity contribution in [2.24, 2.45) is 0 Å². The molecule has 2 atom stereocenters. The first-order chi connectivity index (χ1) is 14.9. The van der Waals surface area contributed by atoms with E-state index in [1.165, 1.54) is 8.70 Å². The van der Waals surface area contributed by atoms with Crippen molar-refractivity contribution in [1.82, 2.24) is 0 Å². The normalized spacial score (nSPS) is 11.2. The number of sulfone groups is 1. The molecule has 156 valence electrons. The number of rotatable bonds is 6. The summed E-state index contributed by atoms with van der Waals surface area (Å²) in [5, 5.41) is 0. The fourth-order valence-corrected chi connectivity index (χ4v) is 4.92. The van der Waals surface area contributed by atoms with E-state index in [2.05, 4.69) is 0 Å². The van der Waals surface area contributed by atoms with Gasteiger partial charge >= 0.3 is 200 Å². The molecule has 2 unspecified atom stereocenters. The number of benzene rings is 4. The van der Waals surface area contributed by atoms with Gasteiger partial charge in [-0.25, -0.2) is 0 Å². The molecular formula is C24H20As2O4S. The summed E-state index contributed by atoms with van der Waals surface area (Å²) in [6.45, 7) is 0. The van der Waals surface area contributed by atoms with Gasteiger partial charge in [-0.15, -0.1) is 0 Å². The van der Waals surface area contributed by atoms with Gasteiger partial charge in [0.25, 0.3) is 0 Å². The Morgan fingerprint density at radius 1 is 0.452 bits per heavy atom. The van der Waals surface area contributed by atoms with E-state index in [-0.39, 0.29) is 9.79 Å². The summed E-state index contributed by atoms with van der Waals surface area (Å²) in [6, 6.07) is 28.4. The summed E-state index contributed by atoms with van der Waals surface area (Å²) in [6.07, 6.45) is 0. The van der Waals surface area contributed by atoms with E-state index in [4.69, 9.17) is 9.47 Å². The van der Waals surface area contributed by atoms with Gasteiger partial charge in [0.15, 0.2) is 0 Å². The van der Waals surface area contributed by atoms with Crippen LogP contribution < -0.4 is 18.2 Å². The minimum atomic E-state index is -3.64. The summed E-state index contributed by atoms with van der Waals surface area (Å²) < 4.78 is 39.9. The topological polar surface area (TPSA) is 52.6 Å². The zero-order chi connectivity index (χ0) is 21.8. The van der Waals surface area contributed by atoms with E-state index in [0.717, 1.165) is 0 Å². The van der Waals surface area contributed by atoms with E-state index < -0.39 is 9.84 Å². The van der Waals surface area contributed by atoms with Crippen LogP contribution >= 0.6 is 0 Å². The Morgan fingerprint density at radius 2 is 0.710 bits per heavy atom. The average molecular weight is 554 g/mol. The molecule has 0 heterocycles. The van der Waals surface area contributed by atoms with Gasteiger partial charge < -0.3 is 0 Å². The Kier molecular flexibility index (Phi) is 6.57. The molecule has 0 saturated carbocycles. The molecule has 4 nitrogen and oxygen atoms in total. The predicted octanol–water partition coefficient (Wildman–Crippen LogP) is 2.62. The predicted molar refractivity (Wildman–Crippen MR) is 128 cm³/mol. The molecule has 0 aliphatic rings. The van der Waals surface area contributed by atoms with Gasteiger partial charge in [-0.3, -0.25) is 0 Å². The molecular weight excluding hydrogens is 534 g/mol. The molecule has 0 spiro atoms. The van der Waals surface area contributed by atoms with Crippen LogP contribution in [0.1, 0.15) is 0 Å². The molecule has 0 aliphatic carbocycles. The van der Waals surface area contributed by atoms with Crippen molar-refractivity contribution in [2.75, 3.05) is 0 Å². The van der Waals surface area contributed by atoms with Gasteiger partial charge in [-0.05, 0) is 0 Å². The summed E-state index contributed by atoms with van der Waals surface area (Å²) in [4.78, 5) is 0.418. The van der Waals surface area contributed by atoms with Gasteiger partial charge in [0, 0.05) is 0 Å². The zero-order valence-corrected chi connectivity index (χ0v) is 22.1. The number of hydrogen-bond donors (Lipinski definition) is 0. The first kappa shape index (κ1) is 21.8. The maximum atomic E-state index is 13.0. The van der Waals surface area contributed by atoms with Crippen molar-refractivity contribution < 1.29 is 17.9 Å². The number of ether oxygens (including phenoxy) is 2. The Bertz CT molecular complexity index is 1170. The molecule has 4 rings (SSSR count). The van der Waals surface area contributed by atoms with Gasteiger partial charge in [0.05, 0.1) is 0 Å². The van der Waals surface area contributed by atoms with Crippen LogP contribution in [0.15, 0.2) is 107 Å². The second-order valence-electron chi connectivity index (χ2n) is 6.79. The van der Waals surface area contributed by atoms with Crippen molar-refractivity contribution in [2.45, 2.75) is 9.79 Å². The Labute approximate surface area is 199 Å². The quantitative estimate of drug-likeness (QED) is 0.344. The first-order valence-electron chi connectivity index (χ1n) is 9.42. The van der Waals surface area contributed by atoms with Crippen molar-refractivity contribution in [3.05, 3.63) is 97.1 Å². The molecule has 0 aliphatic heterocycles. The van der Waals surface area contributed by atoms with E-state index in [0.29, 0.717) is 23.0 Å². The molecule has 4 aromatic rings. The van der Waals surface area contributed by atoms with E-state index in [9.17, 15) is 8.42 Å². The minimum absolute atomic E-state index is 0.209. The van der Waals surface area contributed by atoms with Crippen LogP contribution in [0.5, 0.6) is 23.0 Å². The van der Waals surface area contributed by atoms with Gasteiger partial charge in [0.1, 0.15) is 0 Å². The monoisotopic (exact) mass is 554 g/mol. The standard InChI is InChI=1S/C24H20As2O4S/c25-17-1-5-19(6-2-17)29-21-9-13-23(14-10-21)31(27,28)24-15-11-22(12-16-24)30-20-7-3-18(26)4-8-20/h1-16H,25-26H2. The zero-order valence-electron chi connectivity index (χ0n) is 16.4. The van der Waals surface area contributed by atoms with Crippen LogP contribution in [-0.2, 0) is 9.84 Å². The summed E-state index contributed by atoms with van der Waals surface area (Å²) in [7, 11) is -3.64. The Hall–Kier alpha value is -2.45. The molecule has 4 aromatic carbocycles. The second kappa shape index (κ2) is 9.36. The molecule has 31 heavy (non-hydrogen) atoms. The van der Waals surface area contributed by atoms with Crippen LogP contribution in [0.3, 0.4) is 0 Å². The van der Waals surface area contributed by atoms with E-state index in [1.54, 1.807) is 82.2 Å². The Balaban J connectivity index is 1.48. The fourth-order valence-electron chi connectivity index (χ4n) is 2.85. The first-order valence-corrected chi connectivity index (χ1v) is 13.3. The van der Waals surface area contributed by atoms with Crippen molar-refractivity contribution >= 4 is 52.2 Å². The van der Waals surface area contributed by atoms with Crippen LogP contribution in [0.25, 0.3) is 0 Å². The third-order valence-corrected chi connectivity index (χ3v) is 7.90.